The number of halogens is 3. The Hall–Kier alpha value is -1.97. The van der Waals surface area contributed by atoms with E-state index in [4.69, 9.17) is 0 Å². The van der Waals surface area contributed by atoms with E-state index in [9.17, 15) is 19.5 Å². The highest BCUT2D eigenvalue weighted by Gasteiger charge is 2.37. The molecule has 6 nitrogen and oxygen atoms in total. The number of aromatic hydroxyl groups is 1. The number of hydrogen-bond donors (Lipinski definition) is 2. The molecule has 0 atom stereocenters. The zero-order valence-corrected chi connectivity index (χ0v) is 18.5. The molecule has 0 aliphatic carbocycles. The highest BCUT2D eigenvalue weighted by Crippen LogP contribution is 2.34. The van der Waals surface area contributed by atoms with Gasteiger partial charge < -0.3 is 5.11 Å². The predicted octanol–water partition coefficient (Wildman–Crippen LogP) is 4.65. The first-order valence-corrected chi connectivity index (χ1v) is 9.92. The van der Waals surface area contributed by atoms with Gasteiger partial charge in [-0.3, -0.25) is 14.9 Å². The third kappa shape index (κ3) is 3.85. The number of phenolic OH excluding ortho intramolecular Hbond substituents is 1. The molecule has 0 aromatic heterocycles. The van der Waals surface area contributed by atoms with Crippen LogP contribution in [-0.2, 0) is 9.59 Å². The molecule has 138 valence electrons. The molecule has 1 fully saturated rings. The van der Waals surface area contributed by atoms with Crippen LogP contribution in [0, 0.1) is 6.92 Å². The molecule has 0 saturated carbocycles. The fraction of sp³-hybridized carbons (Fsp3) is 0.0556. The molecular formula is C18H11Br3N2O4. The summed E-state index contributed by atoms with van der Waals surface area (Å²) in [6.07, 6.45) is 1.36. The van der Waals surface area contributed by atoms with Gasteiger partial charge in [0.2, 0.25) is 0 Å². The van der Waals surface area contributed by atoms with E-state index in [1.165, 1.54) is 6.08 Å². The Balaban J connectivity index is 2.06. The van der Waals surface area contributed by atoms with Gasteiger partial charge in [0.25, 0.3) is 11.8 Å². The number of phenols is 1. The monoisotopic (exact) mass is 556 g/mol. The Bertz CT molecular complexity index is 1010. The number of urea groups is 1. The summed E-state index contributed by atoms with van der Waals surface area (Å²) < 4.78 is 1.62. The van der Waals surface area contributed by atoms with E-state index in [2.05, 4.69) is 53.1 Å². The number of nitrogens with one attached hydrogen (secondary N) is 1. The topological polar surface area (TPSA) is 86.7 Å². The molecule has 3 rings (SSSR count). The fourth-order valence-electron chi connectivity index (χ4n) is 2.50. The number of rotatable bonds is 2. The van der Waals surface area contributed by atoms with Crippen LogP contribution in [-0.4, -0.2) is 23.0 Å². The molecule has 2 aromatic carbocycles. The molecule has 0 bridgehead atoms. The van der Waals surface area contributed by atoms with Gasteiger partial charge in [-0.2, -0.15) is 0 Å². The lowest BCUT2D eigenvalue weighted by Gasteiger charge is -2.26. The number of anilines is 1. The third-order valence-electron chi connectivity index (χ3n) is 3.85. The number of carbonyl (C=O) groups is 3. The van der Waals surface area contributed by atoms with Crippen LogP contribution in [0.15, 0.2) is 49.3 Å². The zero-order chi connectivity index (χ0) is 19.9. The van der Waals surface area contributed by atoms with Crippen LogP contribution in [0.1, 0.15) is 11.1 Å². The smallest absolute Gasteiger partial charge is 0.335 e. The van der Waals surface area contributed by atoms with Gasteiger partial charge in [-0.25, -0.2) is 9.69 Å². The molecule has 1 aliphatic heterocycles. The van der Waals surface area contributed by atoms with Crippen LogP contribution in [0.4, 0.5) is 10.5 Å². The summed E-state index contributed by atoms with van der Waals surface area (Å²) in [6.45, 7) is 1.83. The SMILES string of the molecule is Cc1cc(N2C(=O)NC(=O)/C(=C\c3cc(Br)c(O)c(Br)c3)C2=O)ccc1Br. The minimum Gasteiger partial charge on any atom is -0.506 e. The van der Waals surface area contributed by atoms with Crippen molar-refractivity contribution >= 4 is 77.4 Å². The van der Waals surface area contributed by atoms with Crippen molar-refractivity contribution in [3.05, 3.63) is 60.5 Å². The zero-order valence-electron chi connectivity index (χ0n) is 13.7. The quantitative estimate of drug-likeness (QED) is 0.415. The molecular weight excluding hydrogens is 548 g/mol. The molecule has 0 unspecified atom stereocenters. The first-order chi connectivity index (χ1) is 12.7. The van der Waals surface area contributed by atoms with E-state index in [0.29, 0.717) is 20.2 Å². The van der Waals surface area contributed by atoms with Gasteiger partial charge in [0.15, 0.2) is 0 Å². The maximum atomic E-state index is 12.9. The number of carbonyl (C=O) groups excluding carboxylic acids is 3. The summed E-state index contributed by atoms with van der Waals surface area (Å²) in [7, 11) is 0. The van der Waals surface area contributed by atoms with Crippen LogP contribution in [0.5, 0.6) is 5.75 Å². The average molecular weight is 559 g/mol. The Kier molecular flexibility index (Phi) is 5.55. The molecule has 0 spiro atoms. The van der Waals surface area contributed by atoms with Gasteiger partial charge in [0, 0.05) is 4.47 Å². The second-order valence-corrected chi connectivity index (χ2v) is 8.29. The number of hydrogen-bond acceptors (Lipinski definition) is 4. The Morgan fingerprint density at radius 2 is 1.63 bits per heavy atom. The maximum absolute atomic E-state index is 12.9. The van der Waals surface area contributed by atoms with E-state index < -0.39 is 17.8 Å². The van der Waals surface area contributed by atoms with E-state index in [1.54, 1.807) is 30.3 Å². The van der Waals surface area contributed by atoms with Crippen molar-refractivity contribution in [2.45, 2.75) is 6.92 Å². The fourth-order valence-corrected chi connectivity index (χ4v) is 3.96. The first-order valence-electron chi connectivity index (χ1n) is 7.54. The number of aryl methyl sites for hydroxylation is 1. The van der Waals surface area contributed by atoms with Gasteiger partial charge in [0.1, 0.15) is 11.3 Å². The van der Waals surface area contributed by atoms with Crippen LogP contribution in [0.2, 0.25) is 0 Å². The van der Waals surface area contributed by atoms with E-state index in [1.807, 2.05) is 6.92 Å². The normalized spacial score (nSPS) is 16.1. The predicted molar refractivity (Wildman–Crippen MR) is 111 cm³/mol. The number of benzene rings is 2. The lowest BCUT2D eigenvalue weighted by Crippen LogP contribution is -2.54. The van der Waals surface area contributed by atoms with Crippen molar-refractivity contribution in [3.63, 3.8) is 0 Å². The third-order valence-corrected chi connectivity index (χ3v) is 5.95. The van der Waals surface area contributed by atoms with Gasteiger partial charge >= 0.3 is 6.03 Å². The van der Waals surface area contributed by atoms with Gasteiger partial charge in [0.05, 0.1) is 14.6 Å². The molecule has 2 N–H and O–H groups in total. The Labute approximate surface area is 179 Å². The summed E-state index contributed by atoms with van der Waals surface area (Å²) in [4.78, 5) is 38.3. The van der Waals surface area contributed by atoms with Crippen molar-refractivity contribution in [2.75, 3.05) is 4.90 Å². The summed E-state index contributed by atoms with van der Waals surface area (Å²) in [5.41, 5.74) is 1.48. The maximum Gasteiger partial charge on any atom is 0.335 e. The molecule has 2 aromatic rings. The van der Waals surface area contributed by atoms with Crippen molar-refractivity contribution in [1.82, 2.24) is 5.32 Å². The van der Waals surface area contributed by atoms with Crippen LogP contribution in [0.3, 0.4) is 0 Å². The first kappa shape index (κ1) is 19.8. The summed E-state index contributed by atoms with van der Waals surface area (Å²) in [5.74, 6) is -1.51. The molecule has 1 heterocycles. The number of barbiturate groups is 1. The number of amides is 4. The highest BCUT2D eigenvalue weighted by molar-refractivity contribution is 9.11. The minimum atomic E-state index is -0.808. The summed E-state index contributed by atoms with van der Waals surface area (Å²) in [5, 5.41) is 12.0. The lowest BCUT2D eigenvalue weighted by molar-refractivity contribution is -0.122. The summed E-state index contributed by atoms with van der Waals surface area (Å²) in [6, 6.07) is 7.30. The minimum absolute atomic E-state index is 0.00119. The van der Waals surface area contributed by atoms with Gasteiger partial charge in [-0.15, -0.1) is 0 Å². The molecule has 4 amide bonds. The van der Waals surface area contributed by atoms with Crippen LogP contribution in [0.25, 0.3) is 6.08 Å². The largest absolute Gasteiger partial charge is 0.506 e. The van der Waals surface area contributed by atoms with Crippen LogP contribution >= 0.6 is 47.8 Å². The molecule has 27 heavy (non-hydrogen) atoms. The van der Waals surface area contributed by atoms with Crippen molar-refractivity contribution < 1.29 is 19.5 Å². The van der Waals surface area contributed by atoms with Gasteiger partial charge in [-0.1, -0.05) is 15.9 Å². The average Bonchev–Trinajstić information content (AvgIpc) is 2.59. The lowest BCUT2D eigenvalue weighted by atomic mass is 10.1. The van der Waals surface area contributed by atoms with Crippen molar-refractivity contribution in [1.29, 1.82) is 0 Å². The molecule has 9 heteroatoms. The Morgan fingerprint density at radius 3 is 2.22 bits per heavy atom. The second-order valence-electron chi connectivity index (χ2n) is 5.72. The molecule has 0 radical (unpaired) electrons. The molecule has 1 aliphatic rings. The molecule has 1 saturated heterocycles. The van der Waals surface area contributed by atoms with Crippen molar-refractivity contribution in [3.8, 4) is 5.75 Å². The number of imide groups is 2. The van der Waals surface area contributed by atoms with E-state index in [-0.39, 0.29) is 11.3 Å². The van der Waals surface area contributed by atoms with E-state index in [0.717, 1.165) is 14.9 Å². The van der Waals surface area contributed by atoms with E-state index >= 15 is 0 Å². The highest BCUT2D eigenvalue weighted by atomic mass is 79.9. The standard InChI is InChI=1S/C18H11Br3N2O4/c1-8-4-10(2-3-12(8)19)23-17(26)11(16(25)22-18(23)27)5-9-6-13(20)15(24)14(21)7-9/h2-7,24H,1H3,(H,22,25,27)/b11-5+. The van der Waals surface area contributed by atoms with Crippen LogP contribution < -0.4 is 10.2 Å². The summed E-state index contributed by atoms with van der Waals surface area (Å²) >= 11 is 9.77. The number of nitrogens with zero attached hydrogens (tertiary/aromatic N) is 1. The van der Waals surface area contributed by atoms with Crippen molar-refractivity contribution in [2.24, 2.45) is 0 Å². The second kappa shape index (κ2) is 7.57. The Morgan fingerprint density at radius 1 is 1.00 bits per heavy atom. The van der Waals surface area contributed by atoms with Gasteiger partial charge in [-0.05, 0) is 86.3 Å².